The van der Waals surface area contributed by atoms with Crippen molar-refractivity contribution in [3.05, 3.63) is 29.3 Å². The summed E-state index contributed by atoms with van der Waals surface area (Å²) >= 11 is 5.86. The molecule has 4 heteroatoms. The van der Waals surface area contributed by atoms with E-state index in [2.05, 4.69) is 24.2 Å². The van der Waals surface area contributed by atoms with Crippen molar-refractivity contribution < 1.29 is 4.74 Å². The minimum Gasteiger partial charge on any atom is -0.492 e. The SMILES string of the molecule is CCN(C)CCNCCOc1cccc(Cl)c1. The van der Waals surface area contributed by atoms with Crippen LogP contribution in [0.4, 0.5) is 0 Å². The summed E-state index contributed by atoms with van der Waals surface area (Å²) in [5, 5.41) is 4.04. The summed E-state index contributed by atoms with van der Waals surface area (Å²) in [5.41, 5.74) is 0. The number of nitrogens with zero attached hydrogens (tertiary/aromatic N) is 1. The normalized spacial score (nSPS) is 10.8. The third kappa shape index (κ3) is 6.51. The quantitative estimate of drug-likeness (QED) is 0.722. The van der Waals surface area contributed by atoms with E-state index in [-0.39, 0.29) is 0 Å². The highest BCUT2D eigenvalue weighted by molar-refractivity contribution is 6.30. The molecule has 1 aromatic carbocycles. The molecule has 0 fully saturated rings. The van der Waals surface area contributed by atoms with Gasteiger partial charge in [0, 0.05) is 24.7 Å². The second kappa shape index (κ2) is 8.34. The molecule has 0 heterocycles. The second-order valence-corrected chi connectivity index (χ2v) is 4.39. The first-order valence-corrected chi connectivity index (χ1v) is 6.37. The minimum absolute atomic E-state index is 0.663. The minimum atomic E-state index is 0.663. The van der Waals surface area contributed by atoms with Crippen molar-refractivity contribution in [1.82, 2.24) is 10.2 Å². The van der Waals surface area contributed by atoms with E-state index in [1.54, 1.807) is 0 Å². The second-order valence-electron chi connectivity index (χ2n) is 3.95. The van der Waals surface area contributed by atoms with E-state index in [9.17, 15) is 0 Å². The van der Waals surface area contributed by atoms with Crippen molar-refractivity contribution in [3.63, 3.8) is 0 Å². The zero-order chi connectivity index (χ0) is 12.5. The maximum absolute atomic E-state index is 5.86. The molecule has 1 rings (SSSR count). The Balaban J connectivity index is 2.05. The predicted molar refractivity (Wildman–Crippen MR) is 73.0 cm³/mol. The molecular formula is C13H21ClN2O. The van der Waals surface area contributed by atoms with Crippen LogP contribution in [0, 0.1) is 0 Å². The van der Waals surface area contributed by atoms with Gasteiger partial charge in [0.15, 0.2) is 0 Å². The van der Waals surface area contributed by atoms with Crippen LogP contribution in [0.15, 0.2) is 24.3 Å². The van der Waals surface area contributed by atoms with Crippen LogP contribution in [0.3, 0.4) is 0 Å². The summed E-state index contributed by atoms with van der Waals surface area (Å²) in [6.07, 6.45) is 0. The summed E-state index contributed by atoms with van der Waals surface area (Å²) < 4.78 is 5.56. The predicted octanol–water partition coefficient (Wildman–Crippen LogP) is 2.26. The molecule has 0 saturated heterocycles. The van der Waals surface area contributed by atoms with Gasteiger partial charge in [0.25, 0.3) is 0 Å². The molecule has 1 aromatic rings. The zero-order valence-electron chi connectivity index (χ0n) is 10.6. The summed E-state index contributed by atoms with van der Waals surface area (Å²) in [6, 6.07) is 7.47. The molecule has 0 aliphatic heterocycles. The first-order valence-electron chi connectivity index (χ1n) is 6.00. The lowest BCUT2D eigenvalue weighted by Gasteiger charge is -2.14. The largest absolute Gasteiger partial charge is 0.492 e. The van der Waals surface area contributed by atoms with E-state index >= 15 is 0 Å². The van der Waals surface area contributed by atoms with E-state index in [1.807, 2.05) is 24.3 Å². The Hall–Kier alpha value is -0.770. The fourth-order valence-electron chi connectivity index (χ4n) is 1.35. The molecule has 17 heavy (non-hydrogen) atoms. The zero-order valence-corrected chi connectivity index (χ0v) is 11.3. The highest BCUT2D eigenvalue weighted by Gasteiger charge is 1.95. The van der Waals surface area contributed by atoms with Gasteiger partial charge in [-0.2, -0.15) is 0 Å². The summed E-state index contributed by atoms with van der Waals surface area (Å²) in [5.74, 6) is 0.824. The van der Waals surface area contributed by atoms with E-state index < -0.39 is 0 Å². The molecule has 0 aliphatic carbocycles. The van der Waals surface area contributed by atoms with Crippen LogP contribution in [0.25, 0.3) is 0 Å². The summed E-state index contributed by atoms with van der Waals surface area (Å²) in [6.45, 7) is 6.81. The Morgan fingerprint density at radius 3 is 2.88 bits per heavy atom. The molecule has 0 amide bonds. The van der Waals surface area contributed by atoms with Crippen molar-refractivity contribution in [2.75, 3.05) is 39.8 Å². The van der Waals surface area contributed by atoms with E-state index in [4.69, 9.17) is 16.3 Å². The van der Waals surface area contributed by atoms with Gasteiger partial charge in [0.1, 0.15) is 12.4 Å². The standard InChI is InChI=1S/C13H21ClN2O/c1-3-16(2)9-7-15-8-10-17-13-6-4-5-12(14)11-13/h4-6,11,15H,3,7-10H2,1-2H3. The molecule has 1 N–H and O–H groups in total. The highest BCUT2D eigenvalue weighted by atomic mass is 35.5. The molecule has 0 atom stereocenters. The molecule has 0 saturated carbocycles. The fraction of sp³-hybridized carbons (Fsp3) is 0.538. The molecular weight excluding hydrogens is 236 g/mol. The Kier molecular flexibility index (Phi) is 7.01. The van der Waals surface area contributed by atoms with Crippen molar-refractivity contribution >= 4 is 11.6 Å². The van der Waals surface area contributed by atoms with Gasteiger partial charge in [-0.3, -0.25) is 0 Å². The molecule has 0 radical (unpaired) electrons. The van der Waals surface area contributed by atoms with Crippen molar-refractivity contribution in [1.29, 1.82) is 0 Å². The van der Waals surface area contributed by atoms with Crippen LogP contribution in [0.1, 0.15) is 6.92 Å². The number of hydrogen-bond donors (Lipinski definition) is 1. The average Bonchev–Trinajstić information content (AvgIpc) is 2.33. The van der Waals surface area contributed by atoms with Gasteiger partial charge < -0.3 is 15.0 Å². The van der Waals surface area contributed by atoms with Crippen LogP contribution < -0.4 is 10.1 Å². The van der Waals surface area contributed by atoms with Crippen LogP contribution in [-0.4, -0.2) is 44.7 Å². The lowest BCUT2D eigenvalue weighted by Crippen LogP contribution is -2.31. The smallest absolute Gasteiger partial charge is 0.120 e. The monoisotopic (exact) mass is 256 g/mol. The van der Waals surface area contributed by atoms with Gasteiger partial charge in [-0.05, 0) is 31.8 Å². The van der Waals surface area contributed by atoms with Gasteiger partial charge in [-0.15, -0.1) is 0 Å². The maximum Gasteiger partial charge on any atom is 0.120 e. The molecule has 0 bridgehead atoms. The van der Waals surface area contributed by atoms with Crippen molar-refractivity contribution in [2.24, 2.45) is 0 Å². The average molecular weight is 257 g/mol. The lowest BCUT2D eigenvalue weighted by molar-refractivity contribution is 0.302. The first-order chi connectivity index (χ1) is 8.22. The van der Waals surface area contributed by atoms with Crippen molar-refractivity contribution in [3.8, 4) is 5.75 Å². The lowest BCUT2D eigenvalue weighted by atomic mass is 10.3. The third-order valence-corrected chi connectivity index (χ3v) is 2.79. The first kappa shape index (κ1) is 14.3. The topological polar surface area (TPSA) is 24.5 Å². The van der Waals surface area contributed by atoms with E-state index in [0.29, 0.717) is 11.6 Å². The van der Waals surface area contributed by atoms with Crippen LogP contribution in [0.5, 0.6) is 5.75 Å². The number of benzene rings is 1. The summed E-state index contributed by atoms with van der Waals surface area (Å²) in [7, 11) is 2.12. The Bertz CT molecular complexity index is 320. The number of likely N-dealkylation sites (N-methyl/N-ethyl adjacent to an activating group) is 1. The van der Waals surface area contributed by atoms with Crippen LogP contribution >= 0.6 is 11.6 Å². The fourth-order valence-corrected chi connectivity index (χ4v) is 1.53. The van der Waals surface area contributed by atoms with E-state index in [0.717, 1.165) is 31.9 Å². The number of halogens is 1. The molecule has 0 aromatic heterocycles. The Morgan fingerprint density at radius 2 is 2.18 bits per heavy atom. The number of ether oxygens (including phenoxy) is 1. The van der Waals surface area contributed by atoms with Gasteiger partial charge in [-0.1, -0.05) is 24.6 Å². The summed E-state index contributed by atoms with van der Waals surface area (Å²) in [4.78, 5) is 2.27. The Labute approximate surface area is 109 Å². The third-order valence-electron chi connectivity index (χ3n) is 2.55. The number of nitrogens with one attached hydrogen (secondary N) is 1. The molecule has 0 unspecified atom stereocenters. The molecule has 3 nitrogen and oxygen atoms in total. The molecule has 0 spiro atoms. The Morgan fingerprint density at radius 1 is 1.35 bits per heavy atom. The van der Waals surface area contributed by atoms with Crippen LogP contribution in [-0.2, 0) is 0 Å². The highest BCUT2D eigenvalue weighted by Crippen LogP contribution is 2.16. The van der Waals surface area contributed by atoms with Gasteiger partial charge in [0.2, 0.25) is 0 Å². The maximum atomic E-state index is 5.86. The molecule has 0 aliphatic rings. The number of hydrogen-bond acceptors (Lipinski definition) is 3. The van der Waals surface area contributed by atoms with Gasteiger partial charge in [-0.25, -0.2) is 0 Å². The van der Waals surface area contributed by atoms with Gasteiger partial charge >= 0.3 is 0 Å². The van der Waals surface area contributed by atoms with Crippen molar-refractivity contribution in [2.45, 2.75) is 6.92 Å². The van der Waals surface area contributed by atoms with Gasteiger partial charge in [0.05, 0.1) is 0 Å². The molecule has 96 valence electrons. The van der Waals surface area contributed by atoms with Crippen LogP contribution in [0.2, 0.25) is 5.02 Å². The van der Waals surface area contributed by atoms with E-state index in [1.165, 1.54) is 0 Å². The number of rotatable bonds is 8.